The van der Waals surface area contributed by atoms with E-state index < -0.39 is 11.7 Å². The van der Waals surface area contributed by atoms with Gasteiger partial charge in [0.15, 0.2) is 0 Å². The van der Waals surface area contributed by atoms with E-state index in [0.717, 1.165) is 31.4 Å². The molecule has 0 saturated heterocycles. The van der Waals surface area contributed by atoms with Gasteiger partial charge in [-0.1, -0.05) is 23.7 Å². The lowest BCUT2D eigenvalue weighted by atomic mass is 10.1. The molecule has 0 aliphatic carbocycles. The van der Waals surface area contributed by atoms with Crippen molar-refractivity contribution in [3.8, 4) is 11.4 Å². The van der Waals surface area contributed by atoms with E-state index in [1.54, 1.807) is 0 Å². The van der Waals surface area contributed by atoms with E-state index in [1.807, 2.05) is 0 Å². The number of rotatable bonds is 9. The standard InChI is InChI=1S/C17H21F3N4O2/c18-17(19,20)13-7-5-12(6-8-13)16-23-15(26-24-16)9-11-22-14(25)4-2-1-3-10-21/h5-8H,1-4,9-11,21H2,(H,22,25). The molecule has 1 aromatic heterocycles. The van der Waals surface area contributed by atoms with Crippen LogP contribution in [0, 0.1) is 0 Å². The lowest BCUT2D eigenvalue weighted by molar-refractivity contribution is -0.137. The Morgan fingerprint density at radius 2 is 1.88 bits per heavy atom. The number of aromatic nitrogens is 2. The molecule has 1 amide bonds. The molecule has 9 heteroatoms. The third kappa shape index (κ3) is 6.14. The number of nitrogens with one attached hydrogen (secondary N) is 1. The van der Waals surface area contributed by atoms with E-state index in [4.69, 9.17) is 10.3 Å². The summed E-state index contributed by atoms with van der Waals surface area (Å²) in [5.74, 6) is 0.467. The molecular weight excluding hydrogens is 349 g/mol. The van der Waals surface area contributed by atoms with Gasteiger partial charge >= 0.3 is 6.18 Å². The highest BCUT2D eigenvalue weighted by molar-refractivity contribution is 5.75. The Labute approximate surface area is 149 Å². The Kier molecular flexibility index (Phi) is 7.14. The van der Waals surface area contributed by atoms with Crippen LogP contribution in [-0.4, -0.2) is 29.1 Å². The number of amides is 1. The van der Waals surface area contributed by atoms with Crippen LogP contribution in [-0.2, 0) is 17.4 Å². The largest absolute Gasteiger partial charge is 0.416 e. The third-order valence-electron chi connectivity index (χ3n) is 3.71. The second-order valence-corrected chi connectivity index (χ2v) is 5.79. The van der Waals surface area contributed by atoms with Gasteiger partial charge in [-0.05, 0) is 31.5 Å². The summed E-state index contributed by atoms with van der Waals surface area (Å²) in [6.45, 7) is 0.977. The molecule has 6 nitrogen and oxygen atoms in total. The molecule has 0 aliphatic heterocycles. The van der Waals surface area contributed by atoms with Gasteiger partial charge in [0.25, 0.3) is 0 Å². The van der Waals surface area contributed by atoms with E-state index in [9.17, 15) is 18.0 Å². The van der Waals surface area contributed by atoms with Gasteiger partial charge < -0.3 is 15.6 Å². The minimum Gasteiger partial charge on any atom is -0.356 e. The maximum absolute atomic E-state index is 12.6. The smallest absolute Gasteiger partial charge is 0.356 e. The van der Waals surface area contributed by atoms with Crippen molar-refractivity contribution in [2.45, 2.75) is 38.3 Å². The van der Waals surface area contributed by atoms with Crippen molar-refractivity contribution in [1.29, 1.82) is 0 Å². The second kappa shape index (κ2) is 9.33. The van der Waals surface area contributed by atoms with Crippen molar-refractivity contribution in [2.75, 3.05) is 13.1 Å². The zero-order valence-corrected chi connectivity index (χ0v) is 14.2. The van der Waals surface area contributed by atoms with Gasteiger partial charge in [0.1, 0.15) is 0 Å². The molecule has 142 valence electrons. The maximum Gasteiger partial charge on any atom is 0.416 e. The highest BCUT2D eigenvalue weighted by atomic mass is 19.4. The Hall–Kier alpha value is -2.42. The van der Waals surface area contributed by atoms with Crippen molar-refractivity contribution in [3.63, 3.8) is 0 Å². The molecule has 0 unspecified atom stereocenters. The summed E-state index contributed by atoms with van der Waals surface area (Å²) in [5.41, 5.74) is 5.08. The second-order valence-electron chi connectivity index (χ2n) is 5.79. The van der Waals surface area contributed by atoms with Gasteiger partial charge in [0.05, 0.1) is 5.56 Å². The van der Waals surface area contributed by atoms with Crippen molar-refractivity contribution in [2.24, 2.45) is 5.73 Å². The molecule has 26 heavy (non-hydrogen) atoms. The van der Waals surface area contributed by atoms with E-state index in [2.05, 4.69) is 15.5 Å². The number of nitrogens with two attached hydrogens (primary N) is 1. The van der Waals surface area contributed by atoms with Crippen LogP contribution in [0.25, 0.3) is 11.4 Å². The van der Waals surface area contributed by atoms with Crippen molar-refractivity contribution >= 4 is 5.91 Å². The number of alkyl halides is 3. The Balaban J connectivity index is 1.80. The first-order valence-corrected chi connectivity index (χ1v) is 8.37. The van der Waals surface area contributed by atoms with Crippen molar-refractivity contribution < 1.29 is 22.5 Å². The minimum absolute atomic E-state index is 0.0514. The summed E-state index contributed by atoms with van der Waals surface area (Å²) in [6, 6.07) is 4.52. The van der Waals surface area contributed by atoms with Crippen LogP contribution < -0.4 is 11.1 Å². The first-order valence-electron chi connectivity index (χ1n) is 8.37. The number of hydrogen-bond donors (Lipinski definition) is 2. The van der Waals surface area contributed by atoms with Crippen LogP contribution in [0.2, 0.25) is 0 Å². The molecule has 0 radical (unpaired) electrons. The number of carbonyl (C=O) groups excluding carboxylic acids is 1. The molecule has 0 atom stereocenters. The fourth-order valence-electron chi connectivity index (χ4n) is 2.29. The first-order chi connectivity index (χ1) is 12.4. The van der Waals surface area contributed by atoms with Gasteiger partial charge in [-0.15, -0.1) is 0 Å². The summed E-state index contributed by atoms with van der Waals surface area (Å²) in [4.78, 5) is 15.8. The monoisotopic (exact) mass is 370 g/mol. The predicted octanol–water partition coefficient (Wildman–Crippen LogP) is 2.93. The zero-order valence-electron chi connectivity index (χ0n) is 14.2. The topological polar surface area (TPSA) is 94.0 Å². The van der Waals surface area contributed by atoms with Crippen molar-refractivity contribution in [1.82, 2.24) is 15.5 Å². The fraction of sp³-hybridized carbons (Fsp3) is 0.471. The molecular formula is C17H21F3N4O2. The molecule has 0 bridgehead atoms. The normalized spacial score (nSPS) is 11.5. The molecule has 0 fully saturated rings. The number of carbonyl (C=O) groups is 1. The summed E-state index contributed by atoms with van der Waals surface area (Å²) < 4.78 is 42.7. The third-order valence-corrected chi connectivity index (χ3v) is 3.71. The van der Waals surface area contributed by atoms with Gasteiger partial charge in [-0.25, -0.2) is 0 Å². The van der Waals surface area contributed by atoms with Crippen LogP contribution in [0.3, 0.4) is 0 Å². The van der Waals surface area contributed by atoms with E-state index in [1.165, 1.54) is 12.1 Å². The number of hydrogen-bond acceptors (Lipinski definition) is 5. The van der Waals surface area contributed by atoms with E-state index in [0.29, 0.717) is 37.4 Å². The summed E-state index contributed by atoms with van der Waals surface area (Å²) in [6.07, 6.45) is -0.972. The summed E-state index contributed by atoms with van der Waals surface area (Å²) in [5, 5.41) is 6.51. The van der Waals surface area contributed by atoms with E-state index >= 15 is 0 Å². The number of halogens is 3. The molecule has 2 rings (SSSR count). The molecule has 3 N–H and O–H groups in total. The molecule has 2 aromatic rings. The van der Waals surface area contributed by atoms with Crippen LogP contribution in [0.1, 0.15) is 37.1 Å². The van der Waals surface area contributed by atoms with Gasteiger partial charge in [-0.2, -0.15) is 18.2 Å². The zero-order chi connectivity index (χ0) is 19.0. The average Bonchev–Trinajstić information content (AvgIpc) is 3.07. The SMILES string of the molecule is NCCCCCC(=O)NCCc1nc(-c2ccc(C(F)(F)F)cc2)no1. The number of benzene rings is 1. The fourth-order valence-corrected chi connectivity index (χ4v) is 2.29. The highest BCUT2D eigenvalue weighted by Gasteiger charge is 2.30. The first kappa shape index (κ1) is 19.9. The predicted molar refractivity (Wildman–Crippen MR) is 89.0 cm³/mol. The molecule has 0 saturated carbocycles. The minimum atomic E-state index is -4.39. The van der Waals surface area contributed by atoms with Crippen LogP contribution in [0.15, 0.2) is 28.8 Å². The molecule has 1 aromatic carbocycles. The Bertz CT molecular complexity index is 699. The lowest BCUT2D eigenvalue weighted by Crippen LogP contribution is -2.25. The number of nitrogens with zero attached hydrogens (tertiary/aromatic N) is 2. The highest BCUT2D eigenvalue weighted by Crippen LogP contribution is 2.30. The Morgan fingerprint density at radius 1 is 1.15 bits per heavy atom. The van der Waals surface area contributed by atoms with Crippen LogP contribution >= 0.6 is 0 Å². The van der Waals surface area contributed by atoms with Crippen LogP contribution in [0.4, 0.5) is 13.2 Å². The van der Waals surface area contributed by atoms with Crippen LogP contribution in [0.5, 0.6) is 0 Å². The quantitative estimate of drug-likeness (QED) is 0.662. The molecule has 1 heterocycles. The summed E-state index contributed by atoms with van der Waals surface area (Å²) in [7, 11) is 0. The number of unbranched alkanes of at least 4 members (excludes halogenated alkanes) is 2. The van der Waals surface area contributed by atoms with Crippen molar-refractivity contribution in [3.05, 3.63) is 35.7 Å². The summed E-state index contributed by atoms with van der Waals surface area (Å²) >= 11 is 0. The molecule has 0 spiro atoms. The maximum atomic E-state index is 12.6. The van der Waals surface area contributed by atoms with Gasteiger partial charge in [0, 0.05) is 24.9 Å². The lowest BCUT2D eigenvalue weighted by Gasteiger charge is -2.05. The Morgan fingerprint density at radius 3 is 2.54 bits per heavy atom. The van der Waals surface area contributed by atoms with Gasteiger partial charge in [-0.3, -0.25) is 4.79 Å². The average molecular weight is 370 g/mol. The van der Waals surface area contributed by atoms with E-state index in [-0.39, 0.29) is 11.7 Å². The van der Waals surface area contributed by atoms with Gasteiger partial charge in [0.2, 0.25) is 17.6 Å². The molecule has 0 aliphatic rings.